The van der Waals surface area contributed by atoms with E-state index in [4.69, 9.17) is 4.74 Å². The molecule has 202 valence electrons. The number of nitrogens with zero attached hydrogens (tertiary/aromatic N) is 6. The maximum atomic E-state index is 13.9. The van der Waals surface area contributed by atoms with Gasteiger partial charge in [-0.05, 0) is 81.3 Å². The number of aryl methyl sites for hydroxylation is 2. The largest absolute Gasteiger partial charge is 0.376 e. The first-order chi connectivity index (χ1) is 18.8. The highest BCUT2D eigenvalue weighted by Crippen LogP contribution is 2.36. The molecular formula is C30H33FN6O2. The smallest absolute Gasteiger partial charge is 0.270 e. The summed E-state index contributed by atoms with van der Waals surface area (Å²) in [6, 6.07) is 12.8. The number of aromatic nitrogens is 2. The van der Waals surface area contributed by atoms with Crippen molar-refractivity contribution >= 4 is 22.4 Å². The van der Waals surface area contributed by atoms with Gasteiger partial charge in [0, 0.05) is 45.0 Å². The molecule has 1 atom stereocenters. The quantitative estimate of drug-likeness (QED) is 0.463. The molecule has 1 aliphatic heterocycles. The summed E-state index contributed by atoms with van der Waals surface area (Å²) in [5, 5.41) is 19.4. The third-order valence-corrected chi connectivity index (χ3v) is 8.34. The van der Waals surface area contributed by atoms with E-state index in [-0.39, 0.29) is 40.8 Å². The third kappa shape index (κ3) is 5.07. The number of benzene rings is 1. The fraction of sp³-hybridized carbons (Fsp3) is 0.467. The van der Waals surface area contributed by atoms with Crippen molar-refractivity contribution in [2.75, 3.05) is 30.0 Å². The van der Waals surface area contributed by atoms with Gasteiger partial charge < -0.3 is 19.1 Å². The van der Waals surface area contributed by atoms with Crippen LogP contribution in [-0.2, 0) is 11.8 Å². The zero-order chi connectivity index (χ0) is 27.7. The minimum Gasteiger partial charge on any atom is -0.376 e. The summed E-state index contributed by atoms with van der Waals surface area (Å²) in [6.45, 7) is 3.51. The Morgan fingerprint density at radius 2 is 1.85 bits per heavy atom. The van der Waals surface area contributed by atoms with Gasteiger partial charge in [-0.15, -0.1) is 0 Å². The van der Waals surface area contributed by atoms with E-state index in [9.17, 15) is 19.7 Å². The molecule has 1 unspecified atom stereocenters. The number of halogens is 1. The molecule has 3 heterocycles. The number of ether oxygens (including phenoxy) is 1. The van der Waals surface area contributed by atoms with Gasteiger partial charge in [-0.3, -0.25) is 4.79 Å². The molecule has 0 amide bonds. The van der Waals surface area contributed by atoms with Crippen molar-refractivity contribution in [3.05, 3.63) is 63.3 Å². The van der Waals surface area contributed by atoms with E-state index in [2.05, 4.69) is 22.0 Å². The van der Waals surface area contributed by atoms with Crippen LogP contribution >= 0.6 is 0 Å². The van der Waals surface area contributed by atoms with Crippen LogP contribution in [0.25, 0.3) is 11.0 Å². The molecule has 8 nitrogen and oxygen atoms in total. The topological polar surface area (TPSA) is 98.2 Å². The van der Waals surface area contributed by atoms with Gasteiger partial charge in [0.25, 0.3) is 5.56 Å². The van der Waals surface area contributed by atoms with Crippen LogP contribution in [0.15, 0.2) is 35.1 Å². The van der Waals surface area contributed by atoms with E-state index in [1.165, 1.54) is 10.6 Å². The third-order valence-electron chi connectivity index (χ3n) is 8.34. The van der Waals surface area contributed by atoms with Crippen LogP contribution in [0.1, 0.15) is 55.3 Å². The SMILES string of the molecule is Cc1cc(F)ccc1N(CC1CCCO1)C1CCC(N(C)c2c(C#N)c(=O)n(C)c3ccc(C#N)nc23)CC1. The molecule has 0 radical (unpaired) electrons. The minimum absolute atomic E-state index is 0.0409. The molecule has 5 rings (SSSR count). The van der Waals surface area contributed by atoms with E-state index in [0.29, 0.717) is 16.7 Å². The Bertz CT molecular complexity index is 1520. The Labute approximate surface area is 227 Å². The number of anilines is 2. The lowest BCUT2D eigenvalue weighted by Crippen LogP contribution is -2.46. The van der Waals surface area contributed by atoms with Gasteiger partial charge in [0.15, 0.2) is 0 Å². The van der Waals surface area contributed by atoms with Crippen LogP contribution in [-0.4, -0.2) is 47.9 Å². The van der Waals surface area contributed by atoms with Crippen LogP contribution in [0.4, 0.5) is 15.8 Å². The Morgan fingerprint density at radius 1 is 1.10 bits per heavy atom. The van der Waals surface area contributed by atoms with E-state index >= 15 is 0 Å². The number of hydrogen-bond donors (Lipinski definition) is 0. The lowest BCUT2D eigenvalue weighted by molar-refractivity contribution is 0.112. The lowest BCUT2D eigenvalue weighted by atomic mass is 9.88. The molecule has 1 aromatic carbocycles. The second-order valence-corrected chi connectivity index (χ2v) is 10.7. The highest BCUT2D eigenvalue weighted by Gasteiger charge is 2.33. The van der Waals surface area contributed by atoms with Gasteiger partial charge in [0.05, 0.1) is 17.3 Å². The average molecular weight is 529 g/mol. The molecule has 1 aliphatic carbocycles. The van der Waals surface area contributed by atoms with Crippen LogP contribution < -0.4 is 15.4 Å². The molecule has 2 aliphatic rings. The second-order valence-electron chi connectivity index (χ2n) is 10.7. The molecule has 0 spiro atoms. The molecule has 1 saturated carbocycles. The molecular weight excluding hydrogens is 495 g/mol. The van der Waals surface area contributed by atoms with Gasteiger partial charge in [0.2, 0.25) is 0 Å². The maximum absolute atomic E-state index is 13.9. The highest BCUT2D eigenvalue weighted by atomic mass is 19.1. The predicted octanol–water partition coefficient (Wildman–Crippen LogP) is 4.56. The summed E-state index contributed by atoms with van der Waals surface area (Å²) in [5.41, 5.74) is 3.42. The molecule has 3 aromatic rings. The standard InChI is InChI=1S/C30H33FN6O2/c1-19-15-20(31)6-12-26(19)37(18-24-5-4-14-39-24)23-10-8-22(9-11-23)35(2)29-25(17-33)30(38)36(3)27-13-7-21(16-32)34-28(27)29/h6-7,12-13,15,22-24H,4-5,8-11,14,18H2,1-3H3. The number of rotatable bonds is 6. The van der Waals surface area contributed by atoms with Gasteiger partial charge in [-0.1, -0.05) is 0 Å². The molecule has 9 heteroatoms. The van der Waals surface area contributed by atoms with Crippen molar-refractivity contribution in [2.45, 2.75) is 63.6 Å². The van der Waals surface area contributed by atoms with E-state index in [0.717, 1.165) is 62.9 Å². The zero-order valence-electron chi connectivity index (χ0n) is 22.7. The predicted molar refractivity (Wildman–Crippen MR) is 148 cm³/mol. The van der Waals surface area contributed by atoms with Crippen molar-refractivity contribution in [2.24, 2.45) is 7.05 Å². The van der Waals surface area contributed by atoms with Gasteiger partial charge >= 0.3 is 0 Å². The first kappa shape index (κ1) is 26.6. The zero-order valence-corrected chi connectivity index (χ0v) is 22.7. The van der Waals surface area contributed by atoms with Crippen molar-refractivity contribution in [1.82, 2.24) is 9.55 Å². The van der Waals surface area contributed by atoms with E-state index < -0.39 is 0 Å². The average Bonchev–Trinajstić information content (AvgIpc) is 3.46. The normalized spacial score (nSPS) is 20.9. The van der Waals surface area contributed by atoms with Gasteiger partial charge in [-0.2, -0.15) is 10.5 Å². The molecule has 2 aromatic heterocycles. The van der Waals surface area contributed by atoms with E-state index in [1.54, 1.807) is 25.2 Å². The van der Waals surface area contributed by atoms with Crippen LogP contribution in [0.5, 0.6) is 0 Å². The molecule has 0 N–H and O–H groups in total. The fourth-order valence-corrected chi connectivity index (χ4v) is 6.23. The first-order valence-corrected chi connectivity index (χ1v) is 13.5. The Kier molecular flexibility index (Phi) is 7.54. The fourth-order valence-electron chi connectivity index (χ4n) is 6.23. The van der Waals surface area contributed by atoms with Crippen LogP contribution in [0.3, 0.4) is 0 Å². The molecule has 2 fully saturated rings. The second kappa shape index (κ2) is 11.0. The maximum Gasteiger partial charge on any atom is 0.270 e. The summed E-state index contributed by atoms with van der Waals surface area (Å²) < 4.78 is 21.3. The van der Waals surface area contributed by atoms with Crippen molar-refractivity contribution < 1.29 is 9.13 Å². The Morgan fingerprint density at radius 3 is 2.49 bits per heavy atom. The summed E-state index contributed by atoms with van der Waals surface area (Å²) in [6.07, 6.45) is 5.76. The summed E-state index contributed by atoms with van der Waals surface area (Å²) >= 11 is 0. The van der Waals surface area contributed by atoms with Crippen molar-refractivity contribution in [3.8, 4) is 12.1 Å². The summed E-state index contributed by atoms with van der Waals surface area (Å²) in [5.74, 6) is -0.235. The van der Waals surface area contributed by atoms with Gasteiger partial charge in [0.1, 0.15) is 34.7 Å². The number of nitriles is 2. The first-order valence-electron chi connectivity index (χ1n) is 13.5. The summed E-state index contributed by atoms with van der Waals surface area (Å²) in [4.78, 5) is 22.0. The molecule has 39 heavy (non-hydrogen) atoms. The lowest BCUT2D eigenvalue weighted by Gasteiger charge is -2.42. The van der Waals surface area contributed by atoms with Crippen molar-refractivity contribution in [1.29, 1.82) is 10.5 Å². The highest BCUT2D eigenvalue weighted by molar-refractivity contribution is 5.92. The van der Waals surface area contributed by atoms with Crippen LogP contribution in [0, 0.1) is 35.4 Å². The molecule has 1 saturated heterocycles. The van der Waals surface area contributed by atoms with Crippen molar-refractivity contribution in [3.63, 3.8) is 0 Å². The monoisotopic (exact) mass is 528 g/mol. The van der Waals surface area contributed by atoms with E-state index in [1.807, 2.05) is 24.9 Å². The van der Waals surface area contributed by atoms with Gasteiger partial charge in [-0.25, -0.2) is 9.37 Å². The minimum atomic E-state index is -0.374. The Hall–Kier alpha value is -3.95. The molecule has 0 bridgehead atoms. The number of pyridine rings is 2. The van der Waals surface area contributed by atoms with Crippen LogP contribution in [0.2, 0.25) is 0 Å². The number of fused-ring (bicyclic) bond motifs is 1. The Balaban J connectivity index is 1.43. The summed E-state index contributed by atoms with van der Waals surface area (Å²) in [7, 11) is 3.53. The number of hydrogen-bond acceptors (Lipinski definition) is 7.